The number of aromatic amines is 1. The molecule has 0 aliphatic rings. The van der Waals surface area contributed by atoms with E-state index in [1.807, 2.05) is 29.8 Å². The van der Waals surface area contributed by atoms with Crippen LogP contribution < -0.4 is 5.73 Å². The fourth-order valence-corrected chi connectivity index (χ4v) is 3.07. The van der Waals surface area contributed by atoms with Crippen LogP contribution in [0.3, 0.4) is 0 Å². The minimum Gasteiger partial charge on any atom is -0.399 e. The van der Waals surface area contributed by atoms with Gasteiger partial charge in [0.15, 0.2) is 5.16 Å². The third kappa shape index (κ3) is 2.51. The monoisotopic (exact) mass is 287 g/mol. The van der Waals surface area contributed by atoms with Crippen molar-refractivity contribution in [2.75, 3.05) is 5.73 Å². The number of aromatic nitrogens is 4. The van der Waals surface area contributed by atoms with E-state index in [0.717, 1.165) is 39.9 Å². The number of H-pyrrole nitrogens is 1. The molecule has 104 valence electrons. The van der Waals surface area contributed by atoms with Gasteiger partial charge in [0.25, 0.3) is 0 Å². The van der Waals surface area contributed by atoms with E-state index in [0.29, 0.717) is 0 Å². The van der Waals surface area contributed by atoms with Crippen molar-refractivity contribution in [3.05, 3.63) is 35.7 Å². The Morgan fingerprint density at radius 1 is 1.35 bits per heavy atom. The minimum atomic E-state index is 0.748. The van der Waals surface area contributed by atoms with E-state index in [2.05, 4.69) is 28.1 Å². The van der Waals surface area contributed by atoms with Crippen molar-refractivity contribution < 1.29 is 0 Å². The van der Waals surface area contributed by atoms with Gasteiger partial charge in [-0.1, -0.05) is 11.8 Å². The fourth-order valence-electron chi connectivity index (χ4n) is 2.20. The number of nitrogen functional groups attached to an aromatic ring is 1. The molecular weight excluding hydrogens is 270 g/mol. The number of hydrogen-bond donors (Lipinski definition) is 2. The molecule has 3 aromatic rings. The molecule has 2 heterocycles. The minimum absolute atomic E-state index is 0.748. The van der Waals surface area contributed by atoms with Crippen LogP contribution in [0.2, 0.25) is 0 Å². The van der Waals surface area contributed by atoms with Gasteiger partial charge in [0.05, 0.1) is 16.7 Å². The summed E-state index contributed by atoms with van der Waals surface area (Å²) in [5.74, 6) is 0.851. The molecule has 0 atom stereocenters. The van der Waals surface area contributed by atoms with Crippen LogP contribution in [0.4, 0.5) is 5.69 Å². The average molecular weight is 287 g/mol. The van der Waals surface area contributed by atoms with Crippen LogP contribution in [-0.2, 0) is 12.3 Å². The van der Waals surface area contributed by atoms with E-state index in [-0.39, 0.29) is 0 Å². The lowest BCUT2D eigenvalue weighted by Crippen LogP contribution is -2.01. The number of benzene rings is 1. The van der Waals surface area contributed by atoms with Crippen molar-refractivity contribution in [1.29, 1.82) is 0 Å². The van der Waals surface area contributed by atoms with Crippen molar-refractivity contribution in [2.45, 2.75) is 31.3 Å². The van der Waals surface area contributed by atoms with Gasteiger partial charge in [-0.15, -0.1) is 0 Å². The standard InChI is InChI=1S/C14H17N5S/c1-3-19-11(6-9(2)18-19)8-20-14-16-12-5-4-10(15)7-13(12)17-14/h4-7H,3,8,15H2,1-2H3,(H,16,17). The molecule has 1 aromatic carbocycles. The number of hydrogen-bond acceptors (Lipinski definition) is 4. The van der Waals surface area contributed by atoms with Crippen molar-refractivity contribution in [3.63, 3.8) is 0 Å². The molecule has 0 saturated carbocycles. The summed E-state index contributed by atoms with van der Waals surface area (Å²) in [5.41, 5.74) is 10.7. The highest BCUT2D eigenvalue weighted by Gasteiger charge is 2.08. The van der Waals surface area contributed by atoms with Crippen LogP contribution >= 0.6 is 11.8 Å². The number of rotatable bonds is 4. The molecule has 3 rings (SSSR count). The summed E-state index contributed by atoms with van der Waals surface area (Å²) < 4.78 is 2.03. The number of nitrogens with two attached hydrogens (primary N) is 1. The van der Waals surface area contributed by atoms with Crippen LogP contribution in [0.1, 0.15) is 18.3 Å². The largest absolute Gasteiger partial charge is 0.399 e. The first-order chi connectivity index (χ1) is 9.65. The van der Waals surface area contributed by atoms with E-state index < -0.39 is 0 Å². The average Bonchev–Trinajstić information content (AvgIpc) is 2.98. The predicted molar refractivity (Wildman–Crippen MR) is 82.7 cm³/mol. The summed E-state index contributed by atoms with van der Waals surface area (Å²) in [7, 11) is 0. The summed E-state index contributed by atoms with van der Waals surface area (Å²) in [6.45, 7) is 5.01. The van der Waals surface area contributed by atoms with Gasteiger partial charge < -0.3 is 10.7 Å². The normalized spacial score (nSPS) is 11.3. The highest BCUT2D eigenvalue weighted by molar-refractivity contribution is 7.98. The number of nitrogens with zero attached hydrogens (tertiary/aromatic N) is 3. The van der Waals surface area contributed by atoms with Gasteiger partial charge in [0.2, 0.25) is 0 Å². The maximum Gasteiger partial charge on any atom is 0.166 e. The van der Waals surface area contributed by atoms with Gasteiger partial charge in [0, 0.05) is 23.7 Å². The van der Waals surface area contributed by atoms with Gasteiger partial charge in [-0.2, -0.15) is 5.10 Å². The van der Waals surface area contributed by atoms with Crippen LogP contribution in [0.25, 0.3) is 11.0 Å². The first-order valence-electron chi connectivity index (χ1n) is 6.57. The molecular formula is C14H17N5S. The molecule has 6 heteroatoms. The van der Waals surface area contributed by atoms with Crippen LogP contribution in [0.5, 0.6) is 0 Å². The Balaban J connectivity index is 1.79. The van der Waals surface area contributed by atoms with Crippen LogP contribution in [-0.4, -0.2) is 19.7 Å². The molecule has 0 radical (unpaired) electrons. The summed E-state index contributed by atoms with van der Waals surface area (Å²) in [6.07, 6.45) is 0. The second-order valence-electron chi connectivity index (χ2n) is 4.70. The Morgan fingerprint density at radius 2 is 2.20 bits per heavy atom. The number of fused-ring (bicyclic) bond motifs is 1. The van der Waals surface area contributed by atoms with Crippen LogP contribution in [0.15, 0.2) is 29.4 Å². The number of thioether (sulfide) groups is 1. The molecule has 3 N–H and O–H groups in total. The highest BCUT2D eigenvalue weighted by Crippen LogP contribution is 2.24. The van der Waals surface area contributed by atoms with Gasteiger partial charge in [-0.25, -0.2) is 4.98 Å². The first kappa shape index (κ1) is 13.1. The topological polar surface area (TPSA) is 72.5 Å². The smallest absolute Gasteiger partial charge is 0.166 e. The molecule has 0 aliphatic heterocycles. The molecule has 20 heavy (non-hydrogen) atoms. The zero-order valence-corrected chi connectivity index (χ0v) is 12.4. The van der Waals surface area contributed by atoms with Crippen molar-refractivity contribution >= 4 is 28.5 Å². The first-order valence-corrected chi connectivity index (χ1v) is 7.55. The number of imidazole rings is 1. The molecule has 0 amide bonds. The number of anilines is 1. The predicted octanol–water partition coefficient (Wildman–Crippen LogP) is 2.96. The Hall–Kier alpha value is -1.95. The number of aryl methyl sites for hydroxylation is 2. The molecule has 0 saturated heterocycles. The van der Waals surface area contributed by atoms with E-state index in [4.69, 9.17) is 5.73 Å². The summed E-state index contributed by atoms with van der Waals surface area (Å²) >= 11 is 1.68. The highest BCUT2D eigenvalue weighted by atomic mass is 32.2. The van der Waals surface area contributed by atoms with E-state index >= 15 is 0 Å². The summed E-state index contributed by atoms with van der Waals surface area (Å²) in [6, 6.07) is 7.84. The van der Waals surface area contributed by atoms with Gasteiger partial charge >= 0.3 is 0 Å². The van der Waals surface area contributed by atoms with Crippen LogP contribution in [0, 0.1) is 6.92 Å². The molecule has 0 spiro atoms. The van der Waals surface area contributed by atoms with Gasteiger partial charge in [0.1, 0.15) is 0 Å². The van der Waals surface area contributed by atoms with Crippen molar-refractivity contribution in [3.8, 4) is 0 Å². The van der Waals surface area contributed by atoms with E-state index in [9.17, 15) is 0 Å². The second kappa shape index (κ2) is 5.20. The second-order valence-corrected chi connectivity index (χ2v) is 5.66. The van der Waals surface area contributed by atoms with E-state index in [1.165, 1.54) is 5.69 Å². The van der Waals surface area contributed by atoms with E-state index in [1.54, 1.807) is 11.8 Å². The Bertz CT molecular complexity index is 743. The zero-order valence-electron chi connectivity index (χ0n) is 11.6. The lowest BCUT2D eigenvalue weighted by Gasteiger charge is -2.02. The third-order valence-electron chi connectivity index (χ3n) is 3.13. The Kier molecular flexibility index (Phi) is 3.40. The SMILES string of the molecule is CCn1nc(C)cc1CSc1nc2ccc(N)cc2[nH]1. The summed E-state index contributed by atoms with van der Waals surface area (Å²) in [5, 5.41) is 5.36. The maximum atomic E-state index is 5.77. The van der Waals surface area contributed by atoms with Crippen molar-refractivity contribution in [2.24, 2.45) is 0 Å². The Morgan fingerprint density at radius 3 is 3.00 bits per heavy atom. The molecule has 2 aromatic heterocycles. The molecule has 0 aliphatic carbocycles. The Labute approximate surface area is 121 Å². The lowest BCUT2D eigenvalue weighted by molar-refractivity contribution is 0.632. The molecule has 0 bridgehead atoms. The summed E-state index contributed by atoms with van der Waals surface area (Å²) in [4.78, 5) is 7.85. The zero-order chi connectivity index (χ0) is 14.1. The quantitative estimate of drug-likeness (QED) is 0.571. The van der Waals surface area contributed by atoms with Crippen molar-refractivity contribution in [1.82, 2.24) is 19.7 Å². The van der Waals surface area contributed by atoms with Gasteiger partial charge in [-0.3, -0.25) is 4.68 Å². The molecule has 0 unspecified atom stereocenters. The number of nitrogens with one attached hydrogen (secondary N) is 1. The van der Waals surface area contributed by atoms with Gasteiger partial charge in [-0.05, 0) is 38.1 Å². The lowest BCUT2D eigenvalue weighted by atomic mass is 10.3. The fraction of sp³-hybridized carbons (Fsp3) is 0.286. The molecule has 5 nitrogen and oxygen atoms in total. The maximum absolute atomic E-state index is 5.77. The molecule has 0 fully saturated rings. The third-order valence-corrected chi connectivity index (χ3v) is 4.03.